The van der Waals surface area contributed by atoms with E-state index in [0.717, 1.165) is 28.4 Å². The molecular weight excluding hydrogens is 382 g/mol. The molecule has 0 aliphatic heterocycles. The summed E-state index contributed by atoms with van der Waals surface area (Å²) in [7, 11) is 0. The van der Waals surface area contributed by atoms with Crippen LogP contribution in [-0.2, 0) is 17.6 Å². The van der Waals surface area contributed by atoms with Gasteiger partial charge in [-0.2, -0.15) is 0 Å². The molecule has 0 unspecified atom stereocenters. The minimum absolute atomic E-state index is 0.110. The van der Waals surface area contributed by atoms with Crippen LogP contribution in [0, 0.1) is 0 Å². The molecule has 5 nitrogen and oxygen atoms in total. The number of nitrogens with one attached hydrogen (secondary N) is 1. The maximum Gasteiger partial charge on any atom is 0.277 e. The number of thioether (sulfide) groups is 1. The second kappa shape index (κ2) is 8.92. The van der Waals surface area contributed by atoms with Crippen LogP contribution < -0.4 is 5.32 Å². The molecule has 0 bridgehead atoms. The first-order valence-corrected chi connectivity index (χ1v) is 10.5. The van der Waals surface area contributed by atoms with E-state index < -0.39 is 0 Å². The molecule has 0 spiro atoms. The summed E-state index contributed by atoms with van der Waals surface area (Å²) >= 11 is 1.24. The maximum atomic E-state index is 12.4. The van der Waals surface area contributed by atoms with E-state index in [4.69, 9.17) is 4.42 Å². The molecule has 1 heterocycles. The highest BCUT2D eigenvalue weighted by Gasteiger charge is 2.11. The molecule has 0 radical (unpaired) electrons. The van der Waals surface area contributed by atoms with E-state index in [2.05, 4.69) is 46.7 Å². The van der Waals surface area contributed by atoms with Gasteiger partial charge >= 0.3 is 0 Å². The maximum absolute atomic E-state index is 12.4. The van der Waals surface area contributed by atoms with Crippen molar-refractivity contribution in [2.75, 3.05) is 11.1 Å². The van der Waals surface area contributed by atoms with E-state index in [9.17, 15) is 4.79 Å². The third kappa shape index (κ3) is 4.84. The molecule has 1 N–H and O–H groups in total. The van der Waals surface area contributed by atoms with Crippen LogP contribution >= 0.6 is 11.8 Å². The number of benzene rings is 3. The lowest BCUT2D eigenvalue weighted by Gasteiger charge is -2.07. The van der Waals surface area contributed by atoms with Crippen molar-refractivity contribution in [3.05, 3.63) is 83.7 Å². The van der Waals surface area contributed by atoms with Gasteiger partial charge in [0.15, 0.2) is 0 Å². The van der Waals surface area contributed by atoms with Crippen LogP contribution in [0.5, 0.6) is 0 Å². The molecule has 0 saturated carbocycles. The van der Waals surface area contributed by atoms with Crippen molar-refractivity contribution in [1.82, 2.24) is 10.2 Å². The largest absolute Gasteiger partial charge is 0.416 e. The van der Waals surface area contributed by atoms with Crippen LogP contribution in [0.1, 0.15) is 23.9 Å². The summed E-state index contributed by atoms with van der Waals surface area (Å²) in [5.41, 5.74) is 3.22. The van der Waals surface area contributed by atoms with E-state index in [1.807, 2.05) is 42.5 Å². The summed E-state index contributed by atoms with van der Waals surface area (Å²) in [6.07, 6.45) is 1.60. The minimum atomic E-state index is -0.110. The number of fused-ring (bicyclic) bond motifs is 1. The van der Waals surface area contributed by atoms with E-state index in [-0.39, 0.29) is 11.7 Å². The highest BCUT2D eigenvalue weighted by atomic mass is 32.2. The molecule has 1 aromatic heterocycles. The van der Waals surface area contributed by atoms with Gasteiger partial charge in [-0.3, -0.25) is 4.79 Å². The molecular formula is C23H21N3O2S. The molecule has 146 valence electrons. The summed E-state index contributed by atoms with van der Waals surface area (Å²) < 4.78 is 5.68. The Morgan fingerprint density at radius 1 is 0.966 bits per heavy atom. The molecule has 4 aromatic rings. The highest BCUT2D eigenvalue weighted by molar-refractivity contribution is 7.99. The molecule has 0 saturated heterocycles. The van der Waals surface area contributed by atoms with Crippen molar-refractivity contribution in [3.63, 3.8) is 0 Å². The van der Waals surface area contributed by atoms with Crippen molar-refractivity contribution < 1.29 is 9.21 Å². The average Bonchev–Trinajstić information content (AvgIpc) is 3.20. The number of nitrogens with zero attached hydrogens (tertiary/aromatic N) is 2. The normalized spacial score (nSPS) is 10.9. The lowest BCUT2D eigenvalue weighted by molar-refractivity contribution is -0.113. The third-order valence-electron chi connectivity index (χ3n) is 4.63. The van der Waals surface area contributed by atoms with Crippen molar-refractivity contribution in [2.24, 2.45) is 0 Å². The second-order valence-corrected chi connectivity index (χ2v) is 7.60. The van der Waals surface area contributed by atoms with Crippen LogP contribution in [0.2, 0.25) is 0 Å². The van der Waals surface area contributed by atoms with Crippen LogP contribution in [0.15, 0.2) is 76.4 Å². The molecule has 0 aliphatic rings. The first kappa shape index (κ1) is 19.2. The lowest BCUT2D eigenvalue weighted by Crippen LogP contribution is -2.14. The van der Waals surface area contributed by atoms with Crippen LogP contribution in [0.4, 0.5) is 5.69 Å². The summed E-state index contributed by atoms with van der Waals surface area (Å²) in [4.78, 5) is 12.4. The van der Waals surface area contributed by atoms with Gasteiger partial charge in [0.25, 0.3) is 5.22 Å². The summed E-state index contributed by atoms with van der Waals surface area (Å²) in [6.45, 7) is 2.13. The standard InChI is InChI=1S/C23H21N3O2S/c1-2-16-10-12-17(13-11-16)14-22-25-26-23(28-22)29-15-21(27)24-20-9-5-7-18-6-3-4-8-19(18)20/h3-13H,2,14-15H2,1H3,(H,24,27). The van der Waals surface area contributed by atoms with Gasteiger partial charge in [0.2, 0.25) is 11.8 Å². The fourth-order valence-corrected chi connectivity index (χ4v) is 3.66. The van der Waals surface area contributed by atoms with Crippen molar-refractivity contribution in [3.8, 4) is 0 Å². The number of aromatic nitrogens is 2. The van der Waals surface area contributed by atoms with Crippen molar-refractivity contribution in [2.45, 2.75) is 25.0 Å². The first-order valence-electron chi connectivity index (χ1n) is 9.52. The molecule has 6 heteroatoms. The Balaban J connectivity index is 1.33. The molecule has 3 aromatic carbocycles. The third-order valence-corrected chi connectivity index (χ3v) is 5.44. The minimum Gasteiger partial charge on any atom is -0.416 e. The highest BCUT2D eigenvalue weighted by Crippen LogP contribution is 2.24. The van der Waals surface area contributed by atoms with Gasteiger partial charge in [-0.1, -0.05) is 79.3 Å². The SMILES string of the molecule is CCc1ccc(Cc2nnc(SCC(=O)Nc3cccc4ccccc34)o2)cc1. The number of carbonyl (C=O) groups is 1. The smallest absolute Gasteiger partial charge is 0.277 e. The Morgan fingerprint density at radius 3 is 2.55 bits per heavy atom. The van der Waals surface area contributed by atoms with Crippen molar-refractivity contribution >= 4 is 34.1 Å². The summed E-state index contributed by atoms with van der Waals surface area (Å²) in [5, 5.41) is 13.6. The van der Waals surface area contributed by atoms with Gasteiger partial charge in [0.1, 0.15) is 0 Å². The number of hydrogen-bond donors (Lipinski definition) is 1. The Labute approximate surface area is 173 Å². The fourth-order valence-electron chi connectivity index (χ4n) is 3.08. The van der Waals surface area contributed by atoms with Crippen LogP contribution in [-0.4, -0.2) is 21.9 Å². The average molecular weight is 404 g/mol. The molecule has 0 aliphatic carbocycles. The fraction of sp³-hybridized carbons (Fsp3) is 0.174. The topological polar surface area (TPSA) is 68.0 Å². The molecule has 4 rings (SSSR count). The molecule has 1 amide bonds. The quantitative estimate of drug-likeness (QED) is 0.435. The molecule has 29 heavy (non-hydrogen) atoms. The first-order chi connectivity index (χ1) is 14.2. The number of carbonyl (C=O) groups excluding carboxylic acids is 1. The number of rotatable bonds is 7. The lowest BCUT2D eigenvalue weighted by atomic mass is 10.1. The zero-order chi connectivity index (χ0) is 20.1. The van der Waals surface area contributed by atoms with Gasteiger partial charge in [-0.25, -0.2) is 0 Å². The Bertz CT molecular complexity index is 1120. The van der Waals surface area contributed by atoms with E-state index in [1.54, 1.807) is 0 Å². The Hall–Kier alpha value is -3.12. The zero-order valence-electron chi connectivity index (χ0n) is 16.1. The number of aryl methyl sites for hydroxylation is 1. The number of anilines is 1. The van der Waals surface area contributed by atoms with E-state index in [0.29, 0.717) is 17.5 Å². The van der Waals surface area contributed by atoms with Gasteiger partial charge in [0.05, 0.1) is 12.2 Å². The van der Waals surface area contributed by atoms with Gasteiger partial charge < -0.3 is 9.73 Å². The predicted octanol–water partition coefficient (Wildman–Crippen LogP) is 5.11. The van der Waals surface area contributed by atoms with Gasteiger partial charge in [-0.15, -0.1) is 10.2 Å². The van der Waals surface area contributed by atoms with Gasteiger partial charge in [0, 0.05) is 11.1 Å². The number of amides is 1. The number of hydrogen-bond acceptors (Lipinski definition) is 5. The monoisotopic (exact) mass is 403 g/mol. The van der Waals surface area contributed by atoms with E-state index >= 15 is 0 Å². The van der Waals surface area contributed by atoms with E-state index in [1.165, 1.54) is 17.3 Å². The summed E-state index contributed by atoms with van der Waals surface area (Å²) in [5.74, 6) is 0.642. The van der Waals surface area contributed by atoms with Gasteiger partial charge in [-0.05, 0) is 29.0 Å². The van der Waals surface area contributed by atoms with Crippen LogP contribution in [0.3, 0.4) is 0 Å². The van der Waals surface area contributed by atoms with Crippen molar-refractivity contribution in [1.29, 1.82) is 0 Å². The van der Waals surface area contributed by atoms with Crippen LogP contribution in [0.25, 0.3) is 10.8 Å². The Morgan fingerprint density at radius 2 is 1.72 bits per heavy atom. The molecule has 0 atom stereocenters. The predicted molar refractivity (Wildman–Crippen MR) is 116 cm³/mol. The molecule has 0 fully saturated rings. The second-order valence-electron chi connectivity index (χ2n) is 6.67. The Kier molecular flexibility index (Phi) is 5.91. The summed E-state index contributed by atoms with van der Waals surface area (Å²) in [6, 6.07) is 22.2. The zero-order valence-corrected chi connectivity index (χ0v) is 16.9.